The molecule has 1 aromatic heterocycles. The lowest BCUT2D eigenvalue weighted by Crippen LogP contribution is -2.48. The molecule has 0 radical (unpaired) electrons. The maximum Gasteiger partial charge on any atom is 0.258 e. The van der Waals surface area contributed by atoms with Gasteiger partial charge < -0.3 is 14.5 Å². The summed E-state index contributed by atoms with van der Waals surface area (Å²) in [6.45, 7) is 1.58. The van der Waals surface area contributed by atoms with Crippen LogP contribution < -0.4 is 10.1 Å². The van der Waals surface area contributed by atoms with E-state index in [0.717, 1.165) is 21.9 Å². The van der Waals surface area contributed by atoms with Gasteiger partial charge in [0.05, 0.1) is 17.0 Å². The number of ether oxygens (including phenoxy) is 1. The zero-order chi connectivity index (χ0) is 18.4. The molecule has 6 nitrogen and oxygen atoms in total. The standard InChI is InChI=1S/C19H19NO5S/c1-19(8-9-26(22,23)12-19)20-18(21)11-24-13-6-7-17-15(10-13)14-4-2-3-5-16(14)25-17/h2-7,10H,8-9,11-12H2,1H3,(H,20,21)/t19-/m0/s1. The predicted molar refractivity (Wildman–Crippen MR) is 99.0 cm³/mol. The van der Waals surface area contributed by atoms with Crippen LogP contribution in [0.3, 0.4) is 0 Å². The Hall–Kier alpha value is -2.54. The fourth-order valence-electron chi connectivity index (χ4n) is 3.43. The molecule has 26 heavy (non-hydrogen) atoms. The number of rotatable bonds is 4. The monoisotopic (exact) mass is 373 g/mol. The molecule has 1 fully saturated rings. The molecule has 0 aliphatic carbocycles. The Morgan fingerprint density at radius 2 is 1.96 bits per heavy atom. The van der Waals surface area contributed by atoms with Crippen LogP contribution in [0.5, 0.6) is 5.75 Å². The van der Waals surface area contributed by atoms with Crippen molar-refractivity contribution >= 4 is 37.7 Å². The molecule has 1 amide bonds. The SMILES string of the molecule is C[C@]1(NC(=O)COc2ccc3oc4ccccc4c3c2)CCS(=O)(=O)C1. The lowest BCUT2D eigenvalue weighted by molar-refractivity contribution is -0.124. The average Bonchev–Trinajstić information content (AvgIpc) is 3.09. The molecule has 136 valence electrons. The molecule has 1 aliphatic heterocycles. The lowest BCUT2D eigenvalue weighted by atomic mass is 10.0. The van der Waals surface area contributed by atoms with Gasteiger partial charge in [0.1, 0.15) is 16.9 Å². The summed E-state index contributed by atoms with van der Waals surface area (Å²) in [5.41, 5.74) is 0.837. The number of furan rings is 1. The molecule has 3 aromatic rings. The number of carbonyl (C=O) groups excluding carboxylic acids is 1. The quantitative estimate of drug-likeness (QED) is 0.760. The Morgan fingerprint density at radius 3 is 2.73 bits per heavy atom. The van der Waals surface area contributed by atoms with E-state index >= 15 is 0 Å². The molecule has 0 unspecified atom stereocenters. The minimum Gasteiger partial charge on any atom is -0.484 e. The van der Waals surface area contributed by atoms with Crippen LogP contribution in [0.2, 0.25) is 0 Å². The molecule has 2 heterocycles. The molecule has 0 spiro atoms. The Balaban J connectivity index is 1.46. The Labute approximate surface area is 151 Å². The van der Waals surface area contributed by atoms with Crippen molar-refractivity contribution in [3.63, 3.8) is 0 Å². The second-order valence-corrected chi connectivity index (χ2v) is 9.18. The van der Waals surface area contributed by atoms with Crippen molar-refractivity contribution in [2.45, 2.75) is 18.9 Å². The highest BCUT2D eigenvalue weighted by Gasteiger charge is 2.39. The minimum absolute atomic E-state index is 0.0291. The van der Waals surface area contributed by atoms with Gasteiger partial charge in [0, 0.05) is 10.8 Å². The van der Waals surface area contributed by atoms with Crippen LogP contribution in [0.4, 0.5) is 0 Å². The van der Waals surface area contributed by atoms with Crippen LogP contribution >= 0.6 is 0 Å². The van der Waals surface area contributed by atoms with Gasteiger partial charge in [-0.25, -0.2) is 8.42 Å². The smallest absolute Gasteiger partial charge is 0.258 e. The summed E-state index contributed by atoms with van der Waals surface area (Å²) in [5.74, 6) is 0.304. The normalized spacial score (nSPS) is 21.9. The summed E-state index contributed by atoms with van der Waals surface area (Å²) >= 11 is 0. The fraction of sp³-hybridized carbons (Fsp3) is 0.316. The number of para-hydroxylation sites is 1. The van der Waals surface area contributed by atoms with Crippen molar-refractivity contribution in [2.75, 3.05) is 18.1 Å². The van der Waals surface area contributed by atoms with Gasteiger partial charge in [-0.3, -0.25) is 4.79 Å². The highest BCUT2D eigenvalue weighted by molar-refractivity contribution is 7.91. The first-order valence-electron chi connectivity index (χ1n) is 8.39. The number of sulfone groups is 1. The largest absolute Gasteiger partial charge is 0.484 e. The summed E-state index contributed by atoms with van der Waals surface area (Å²) in [7, 11) is -3.07. The fourth-order valence-corrected chi connectivity index (χ4v) is 5.52. The van der Waals surface area contributed by atoms with Crippen LogP contribution in [0, 0.1) is 0 Å². The first-order chi connectivity index (χ1) is 12.3. The number of fused-ring (bicyclic) bond motifs is 3. The van der Waals surface area contributed by atoms with E-state index in [1.54, 1.807) is 13.0 Å². The molecule has 7 heteroatoms. The van der Waals surface area contributed by atoms with E-state index in [4.69, 9.17) is 9.15 Å². The maximum absolute atomic E-state index is 12.2. The Kier molecular flexibility index (Phi) is 3.91. The molecule has 1 saturated heterocycles. The van der Waals surface area contributed by atoms with Gasteiger partial charge in [-0.15, -0.1) is 0 Å². The van der Waals surface area contributed by atoms with E-state index < -0.39 is 15.4 Å². The van der Waals surface area contributed by atoms with Gasteiger partial charge >= 0.3 is 0 Å². The van der Waals surface area contributed by atoms with Crippen LogP contribution in [0.25, 0.3) is 21.9 Å². The number of hydrogen-bond acceptors (Lipinski definition) is 5. The second kappa shape index (κ2) is 6.02. The lowest BCUT2D eigenvalue weighted by Gasteiger charge is -2.23. The first-order valence-corrected chi connectivity index (χ1v) is 10.2. The third kappa shape index (κ3) is 3.26. The molecular formula is C19H19NO5S. The van der Waals surface area contributed by atoms with Crippen molar-refractivity contribution in [3.05, 3.63) is 42.5 Å². The molecular weight excluding hydrogens is 354 g/mol. The van der Waals surface area contributed by atoms with Crippen molar-refractivity contribution in [1.29, 1.82) is 0 Å². The van der Waals surface area contributed by atoms with E-state index in [1.165, 1.54) is 0 Å². The summed E-state index contributed by atoms with van der Waals surface area (Å²) in [5, 5.41) is 4.69. The average molecular weight is 373 g/mol. The Bertz CT molecular complexity index is 1100. The first kappa shape index (κ1) is 16.9. The van der Waals surface area contributed by atoms with Gasteiger partial charge in [-0.05, 0) is 37.6 Å². The van der Waals surface area contributed by atoms with Crippen LogP contribution in [-0.4, -0.2) is 38.0 Å². The highest BCUT2D eigenvalue weighted by Crippen LogP contribution is 2.31. The number of benzene rings is 2. The zero-order valence-corrected chi connectivity index (χ0v) is 15.1. The van der Waals surface area contributed by atoms with Gasteiger partial charge in [0.15, 0.2) is 16.4 Å². The number of nitrogens with one attached hydrogen (secondary N) is 1. The molecule has 0 saturated carbocycles. The summed E-state index contributed by atoms with van der Waals surface area (Å²) in [6, 6.07) is 13.1. The van der Waals surface area contributed by atoms with Crippen molar-refractivity contribution < 1.29 is 22.4 Å². The molecule has 1 aliphatic rings. The Morgan fingerprint density at radius 1 is 1.19 bits per heavy atom. The summed E-state index contributed by atoms with van der Waals surface area (Å²) in [4.78, 5) is 12.2. The number of amides is 1. The maximum atomic E-state index is 12.2. The molecule has 4 rings (SSSR count). The van der Waals surface area contributed by atoms with Crippen molar-refractivity contribution in [1.82, 2.24) is 5.32 Å². The molecule has 1 atom stereocenters. The molecule has 0 bridgehead atoms. The highest BCUT2D eigenvalue weighted by atomic mass is 32.2. The molecule has 2 aromatic carbocycles. The molecule has 1 N–H and O–H groups in total. The minimum atomic E-state index is -3.07. The third-order valence-corrected chi connectivity index (χ3v) is 6.57. The third-order valence-electron chi connectivity index (χ3n) is 4.66. The number of hydrogen-bond donors (Lipinski definition) is 1. The van der Waals surface area contributed by atoms with Gasteiger partial charge in [0.2, 0.25) is 0 Å². The van der Waals surface area contributed by atoms with E-state index in [-0.39, 0.29) is 24.0 Å². The summed E-state index contributed by atoms with van der Waals surface area (Å²) in [6.07, 6.45) is 0.425. The van der Waals surface area contributed by atoms with E-state index in [0.29, 0.717) is 12.2 Å². The zero-order valence-electron chi connectivity index (χ0n) is 14.3. The van der Waals surface area contributed by atoms with Crippen LogP contribution in [-0.2, 0) is 14.6 Å². The van der Waals surface area contributed by atoms with E-state index in [1.807, 2.05) is 36.4 Å². The van der Waals surface area contributed by atoms with Gasteiger partial charge in [-0.1, -0.05) is 18.2 Å². The summed E-state index contributed by atoms with van der Waals surface area (Å²) < 4.78 is 34.6. The topological polar surface area (TPSA) is 85.6 Å². The van der Waals surface area contributed by atoms with Crippen LogP contribution in [0.15, 0.2) is 46.9 Å². The number of carbonyl (C=O) groups is 1. The van der Waals surface area contributed by atoms with E-state index in [2.05, 4.69) is 5.32 Å². The van der Waals surface area contributed by atoms with Crippen molar-refractivity contribution in [2.24, 2.45) is 0 Å². The van der Waals surface area contributed by atoms with Crippen molar-refractivity contribution in [3.8, 4) is 5.75 Å². The van der Waals surface area contributed by atoms with Crippen LogP contribution in [0.1, 0.15) is 13.3 Å². The van der Waals surface area contributed by atoms with E-state index in [9.17, 15) is 13.2 Å². The predicted octanol–water partition coefficient (Wildman–Crippen LogP) is 2.66. The second-order valence-electron chi connectivity index (χ2n) is 7.00. The van der Waals surface area contributed by atoms with Gasteiger partial charge in [0.25, 0.3) is 5.91 Å². The van der Waals surface area contributed by atoms with Gasteiger partial charge in [-0.2, -0.15) is 0 Å².